The van der Waals surface area contributed by atoms with Crippen LogP contribution in [0.25, 0.3) is 0 Å². The number of aliphatic carboxylic acids is 1. The van der Waals surface area contributed by atoms with Gasteiger partial charge in [-0.05, 0) is 29.5 Å². The number of rotatable bonds is 6. The van der Waals surface area contributed by atoms with Gasteiger partial charge in [-0.15, -0.1) is 5.10 Å². The zero-order chi connectivity index (χ0) is 15.2. The van der Waals surface area contributed by atoms with Crippen LogP contribution in [-0.2, 0) is 16.1 Å². The van der Waals surface area contributed by atoms with Gasteiger partial charge in [0.05, 0.1) is 5.75 Å². The molecule has 0 bridgehead atoms. The van der Waals surface area contributed by atoms with Gasteiger partial charge in [-0.2, -0.15) is 0 Å². The number of carbonyl (C=O) groups is 2. The highest BCUT2D eigenvalue weighted by Gasteiger charge is 2.12. The highest BCUT2D eigenvalue weighted by Crippen LogP contribution is 2.15. The molecule has 8 nitrogen and oxygen atoms in total. The maximum Gasteiger partial charge on any atom is 0.325 e. The summed E-state index contributed by atoms with van der Waals surface area (Å²) in [5.41, 5.74) is 1.81. The third-order valence-electron chi connectivity index (χ3n) is 2.45. The molecule has 0 saturated heterocycles. The van der Waals surface area contributed by atoms with Crippen molar-refractivity contribution in [2.45, 2.75) is 18.6 Å². The van der Waals surface area contributed by atoms with E-state index in [1.165, 1.54) is 0 Å². The van der Waals surface area contributed by atoms with Crippen molar-refractivity contribution in [3.05, 3.63) is 29.8 Å². The van der Waals surface area contributed by atoms with Crippen molar-refractivity contribution in [3.63, 3.8) is 0 Å². The van der Waals surface area contributed by atoms with Crippen molar-refractivity contribution in [2.24, 2.45) is 0 Å². The zero-order valence-corrected chi connectivity index (χ0v) is 12.0. The molecule has 0 aliphatic rings. The number of tetrazole rings is 1. The molecule has 1 aromatic carbocycles. The average molecular weight is 307 g/mol. The standard InChI is InChI=1S/C12H13N5O3S/c1-8-2-4-9(5-3-8)13-10(18)7-21-12-14-15-16-17(12)6-11(19)20/h2-5H,6-7H2,1H3,(H,13,18)(H,19,20). The zero-order valence-electron chi connectivity index (χ0n) is 11.2. The second-order valence-electron chi connectivity index (χ2n) is 4.22. The van der Waals surface area contributed by atoms with Crippen molar-refractivity contribution in [1.82, 2.24) is 20.2 Å². The van der Waals surface area contributed by atoms with Crippen LogP contribution in [0, 0.1) is 6.92 Å². The van der Waals surface area contributed by atoms with Gasteiger partial charge in [0.15, 0.2) is 0 Å². The molecule has 0 radical (unpaired) electrons. The first kappa shape index (κ1) is 15.0. The maximum absolute atomic E-state index is 11.8. The monoisotopic (exact) mass is 307 g/mol. The van der Waals surface area contributed by atoms with E-state index in [4.69, 9.17) is 5.11 Å². The van der Waals surface area contributed by atoms with Crippen LogP contribution in [0.3, 0.4) is 0 Å². The molecule has 0 saturated carbocycles. The first-order valence-corrected chi connectivity index (χ1v) is 7.00. The molecule has 1 aromatic heterocycles. The summed E-state index contributed by atoms with van der Waals surface area (Å²) in [6, 6.07) is 7.42. The van der Waals surface area contributed by atoms with Gasteiger partial charge in [-0.1, -0.05) is 29.5 Å². The van der Waals surface area contributed by atoms with Crippen molar-refractivity contribution < 1.29 is 14.7 Å². The lowest BCUT2D eigenvalue weighted by atomic mass is 10.2. The molecule has 1 amide bonds. The molecule has 0 atom stereocenters. The number of anilines is 1. The van der Waals surface area contributed by atoms with Gasteiger partial charge in [-0.25, -0.2) is 4.68 Å². The Labute approximate surface area is 124 Å². The summed E-state index contributed by atoms with van der Waals surface area (Å²) in [6.45, 7) is 1.62. The second kappa shape index (κ2) is 6.84. The Balaban J connectivity index is 1.88. The minimum Gasteiger partial charge on any atom is -0.480 e. The SMILES string of the molecule is Cc1ccc(NC(=O)CSc2nnnn2CC(=O)O)cc1. The summed E-state index contributed by atoms with van der Waals surface area (Å²) < 4.78 is 1.13. The van der Waals surface area contributed by atoms with E-state index in [2.05, 4.69) is 20.8 Å². The Kier molecular flexibility index (Phi) is 4.88. The predicted molar refractivity (Wildman–Crippen MR) is 76.0 cm³/mol. The molecule has 0 spiro atoms. The van der Waals surface area contributed by atoms with Crippen molar-refractivity contribution in [1.29, 1.82) is 0 Å². The van der Waals surface area contributed by atoms with E-state index in [1.54, 1.807) is 0 Å². The summed E-state index contributed by atoms with van der Waals surface area (Å²) in [5.74, 6) is -1.17. The normalized spacial score (nSPS) is 10.3. The number of carbonyl (C=O) groups excluding carboxylic acids is 1. The molecule has 0 aliphatic carbocycles. The number of aromatic nitrogens is 4. The third kappa shape index (κ3) is 4.56. The van der Waals surface area contributed by atoms with E-state index in [1.807, 2.05) is 31.2 Å². The highest BCUT2D eigenvalue weighted by atomic mass is 32.2. The molecule has 21 heavy (non-hydrogen) atoms. The summed E-state index contributed by atoms with van der Waals surface area (Å²) in [4.78, 5) is 22.4. The van der Waals surface area contributed by atoms with Gasteiger partial charge in [0, 0.05) is 5.69 Å². The first-order valence-electron chi connectivity index (χ1n) is 6.02. The van der Waals surface area contributed by atoms with Crippen LogP contribution < -0.4 is 5.32 Å². The summed E-state index contributed by atoms with van der Waals surface area (Å²) in [7, 11) is 0. The van der Waals surface area contributed by atoms with E-state index in [-0.39, 0.29) is 23.4 Å². The number of hydrogen-bond donors (Lipinski definition) is 2. The number of hydrogen-bond acceptors (Lipinski definition) is 6. The fraction of sp³-hybridized carbons (Fsp3) is 0.250. The Morgan fingerprint density at radius 2 is 2.05 bits per heavy atom. The number of carboxylic acid groups (broad SMARTS) is 1. The number of nitrogens with zero attached hydrogens (tertiary/aromatic N) is 4. The molecule has 9 heteroatoms. The van der Waals surface area contributed by atoms with Crippen LogP contribution in [0.4, 0.5) is 5.69 Å². The quantitative estimate of drug-likeness (QED) is 0.759. The van der Waals surface area contributed by atoms with Crippen LogP contribution in [0.1, 0.15) is 5.56 Å². The molecular weight excluding hydrogens is 294 g/mol. The third-order valence-corrected chi connectivity index (χ3v) is 3.41. The molecule has 0 aliphatic heterocycles. The fourth-order valence-electron chi connectivity index (χ4n) is 1.49. The lowest BCUT2D eigenvalue weighted by molar-refractivity contribution is -0.138. The largest absolute Gasteiger partial charge is 0.480 e. The second-order valence-corrected chi connectivity index (χ2v) is 5.16. The van der Waals surface area contributed by atoms with Gasteiger partial charge in [0.25, 0.3) is 0 Å². The van der Waals surface area contributed by atoms with Crippen LogP contribution >= 0.6 is 11.8 Å². The van der Waals surface area contributed by atoms with E-state index < -0.39 is 5.97 Å². The van der Waals surface area contributed by atoms with Gasteiger partial charge >= 0.3 is 5.97 Å². The fourth-order valence-corrected chi connectivity index (χ4v) is 2.17. The Hall–Kier alpha value is -2.42. The van der Waals surface area contributed by atoms with Gasteiger partial charge in [0.2, 0.25) is 11.1 Å². The molecule has 2 N–H and O–H groups in total. The molecule has 0 fully saturated rings. The number of benzene rings is 1. The molecule has 2 aromatic rings. The van der Waals surface area contributed by atoms with Crippen LogP contribution in [0.2, 0.25) is 0 Å². The molecule has 110 valence electrons. The number of amides is 1. The topological polar surface area (TPSA) is 110 Å². The van der Waals surface area contributed by atoms with Gasteiger partial charge in [-0.3, -0.25) is 9.59 Å². The van der Waals surface area contributed by atoms with Crippen molar-refractivity contribution >= 4 is 29.3 Å². The van der Waals surface area contributed by atoms with Gasteiger partial charge < -0.3 is 10.4 Å². The maximum atomic E-state index is 11.8. The smallest absolute Gasteiger partial charge is 0.325 e. The lowest BCUT2D eigenvalue weighted by Crippen LogP contribution is -2.16. The minimum atomic E-state index is -1.05. The molecule has 2 rings (SSSR count). The van der Waals surface area contributed by atoms with Crippen molar-refractivity contribution in [2.75, 3.05) is 11.1 Å². The molecule has 0 unspecified atom stereocenters. The van der Waals surface area contributed by atoms with Crippen LogP contribution in [0.5, 0.6) is 0 Å². The van der Waals surface area contributed by atoms with E-state index in [0.29, 0.717) is 5.69 Å². The predicted octanol–water partition coefficient (Wildman–Crippen LogP) is 0.797. The highest BCUT2D eigenvalue weighted by molar-refractivity contribution is 7.99. The average Bonchev–Trinajstić information content (AvgIpc) is 2.85. The lowest BCUT2D eigenvalue weighted by Gasteiger charge is -2.05. The Bertz CT molecular complexity index is 641. The van der Waals surface area contributed by atoms with Crippen LogP contribution in [-0.4, -0.2) is 42.9 Å². The summed E-state index contributed by atoms with van der Waals surface area (Å²) >= 11 is 1.08. The van der Waals surface area contributed by atoms with E-state index >= 15 is 0 Å². The van der Waals surface area contributed by atoms with Gasteiger partial charge in [0.1, 0.15) is 6.54 Å². The van der Waals surface area contributed by atoms with E-state index in [0.717, 1.165) is 22.0 Å². The number of carboxylic acids is 1. The van der Waals surface area contributed by atoms with E-state index in [9.17, 15) is 9.59 Å². The summed E-state index contributed by atoms with van der Waals surface area (Å²) in [6.07, 6.45) is 0. The minimum absolute atomic E-state index is 0.0911. The molecular formula is C12H13N5O3S. The summed E-state index contributed by atoms with van der Waals surface area (Å²) in [5, 5.41) is 22.4. The number of nitrogens with one attached hydrogen (secondary N) is 1. The Morgan fingerprint density at radius 3 is 2.71 bits per heavy atom. The van der Waals surface area contributed by atoms with Crippen LogP contribution in [0.15, 0.2) is 29.4 Å². The number of thioether (sulfide) groups is 1. The number of aryl methyl sites for hydroxylation is 1. The van der Waals surface area contributed by atoms with Crippen molar-refractivity contribution in [3.8, 4) is 0 Å². The molecule has 1 heterocycles. The first-order chi connectivity index (χ1) is 10.0. The Morgan fingerprint density at radius 1 is 1.33 bits per heavy atom.